The fraction of sp³-hybridized carbons (Fsp3) is 0.455. The van der Waals surface area contributed by atoms with Gasteiger partial charge in [-0.25, -0.2) is 9.78 Å². The zero-order valence-corrected chi connectivity index (χ0v) is 10.0. The lowest BCUT2D eigenvalue weighted by Crippen LogP contribution is -2.36. The summed E-state index contributed by atoms with van der Waals surface area (Å²) >= 11 is 0. The number of carbonyl (C=O) groups is 1. The van der Waals surface area contributed by atoms with Crippen molar-refractivity contribution in [2.75, 3.05) is 27.4 Å². The number of nitrogens with one attached hydrogen (secondary N) is 2. The van der Waals surface area contributed by atoms with Crippen LogP contribution in [-0.4, -0.2) is 38.4 Å². The summed E-state index contributed by atoms with van der Waals surface area (Å²) in [7, 11) is 3.13. The number of hydrogen-bond acceptors (Lipinski definition) is 4. The quantitative estimate of drug-likeness (QED) is 0.710. The molecule has 0 saturated carbocycles. The number of nitrogens with zero attached hydrogens (tertiary/aromatic N) is 1. The number of urea groups is 1. The number of hydrogen-bond donors (Lipinski definition) is 2. The van der Waals surface area contributed by atoms with Crippen LogP contribution in [0.1, 0.15) is 5.56 Å². The summed E-state index contributed by atoms with van der Waals surface area (Å²) in [4.78, 5) is 15.4. The molecule has 0 radical (unpaired) electrons. The van der Waals surface area contributed by atoms with Crippen LogP contribution in [0.3, 0.4) is 0 Å². The summed E-state index contributed by atoms with van der Waals surface area (Å²) in [5, 5.41) is 5.36. The molecule has 0 unspecified atom stereocenters. The first-order valence-corrected chi connectivity index (χ1v) is 5.26. The van der Waals surface area contributed by atoms with E-state index in [0.29, 0.717) is 25.6 Å². The van der Waals surface area contributed by atoms with Crippen LogP contribution in [-0.2, 0) is 11.3 Å². The van der Waals surface area contributed by atoms with Crippen LogP contribution in [0, 0.1) is 0 Å². The summed E-state index contributed by atoms with van der Waals surface area (Å²) < 4.78 is 9.89. The van der Waals surface area contributed by atoms with Crippen molar-refractivity contribution in [3.8, 4) is 5.88 Å². The second-order valence-corrected chi connectivity index (χ2v) is 3.27. The van der Waals surface area contributed by atoms with Gasteiger partial charge >= 0.3 is 6.03 Å². The maximum Gasteiger partial charge on any atom is 0.315 e. The van der Waals surface area contributed by atoms with E-state index in [1.807, 2.05) is 6.07 Å². The Morgan fingerprint density at radius 3 is 2.94 bits per heavy atom. The Balaban J connectivity index is 2.36. The third-order valence-corrected chi connectivity index (χ3v) is 2.07. The van der Waals surface area contributed by atoms with Crippen molar-refractivity contribution in [1.29, 1.82) is 0 Å². The van der Waals surface area contributed by atoms with E-state index in [4.69, 9.17) is 9.47 Å². The first-order valence-electron chi connectivity index (χ1n) is 5.26. The zero-order chi connectivity index (χ0) is 12.5. The van der Waals surface area contributed by atoms with E-state index < -0.39 is 0 Å². The first kappa shape index (κ1) is 13.2. The maximum atomic E-state index is 11.4. The molecule has 1 aromatic heterocycles. The third kappa shape index (κ3) is 4.69. The minimum atomic E-state index is -0.243. The average Bonchev–Trinajstić information content (AvgIpc) is 2.37. The van der Waals surface area contributed by atoms with Crippen molar-refractivity contribution in [3.63, 3.8) is 0 Å². The van der Waals surface area contributed by atoms with Crippen LogP contribution in [0.25, 0.3) is 0 Å². The number of pyridine rings is 1. The van der Waals surface area contributed by atoms with Gasteiger partial charge in [0, 0.05) is 32.0 Å². The molecule has 6 heteroatoms. The Bertz CT molecular complexity index is 358. The molecule has 0 aliphatic rings. The summed E-state index contributed by atoms with van der Waals surface area (Å²) in [6.45, 7) is 1.34. The monoisotopic (exact) mass is 239 g/mol. The van der Waals surface area contributed by atoms with Crippen LogP contribution in [0.15, 0.2) is 18.3 Å². The van der Waals surface area contributed by atoms with Crippen LogP contribution in [0.4, 0.5) is 4.79 Å². The molecule has 2 amide bonds. The SMILES string of the molecule is COCCNC(=O)NCc1cccnc1OC. The Morgan fingerprint density at radius 2 is 2.24 bits per heavy atom. The van der Waals surface area contributed by atoms with Crippen molar-refractivity contribution in [2.24, 2.45) is 0 Å². The van der Waals surface area contributed by atoms with Crippen molar-refractivity contribution in [2.45, 2.75) is 6.54 Å². The standard InChI is InChI=1S/C11H17N3O3/c1-16-7-6-13-11(15)14-8-9-4-3-5-12-10(9)17-2/h3-5H,6-8H2,1-2H3,(H2,13,14,15). The van der Waals surface area contributed by atoms with Gasteiger partial charge in [0.15, 0.2) is 0 Å². The largest absolute Gasteiger partial charge is 0.481 e. The number of amides is 2. The van der Waals surface area contributed by atoms with Crippen molar-refractivity contribution in [1.82, 2.24) is 15.6 Å². The number of ether oxygens (including phenoxy) is 2. The molecule has 0 fully saturated rings. The molecular weight excluding hydrogens is 222 g/mol. The smallest absolute Gasteiger partial charge is 0.315 e. The number of methoxy groups -OCH3 is 2. The van der Waals surface area contributed by atoms with Crippen LogP contribution in [0.5, 0.6) is 5.88 Å². The molecule has 0 aliphatic carbocycles. The number of rotatable bonds is 6. The molecule has 0 bridgehead atoms. The van der Waals surface area contributed by atoms with Gasteiger partial charge in [-0.1, -0.05) is 6.07 Å². The Hall–Kier alpha value is -1.82. The summed E-state index contributed by atoms with van der Waals surface area (Å²) in [5.74, 6) is 0.518. The van der Waals surface area contributed by atoms with E-state index >= 15 is 0 Å². The fourth-order valence-electron chi connectivity index (χ4n) is 1.25. The highest BCUT2D eigenvalue weighted by molar-refractivity contribution is 5.73. The lowest BCUT2D eigenvalue weighted by molar-refractivity contribution is 0.196. The Morgan fingerprint density at radius 1 is 1.41 bits per heavy atom. The molecular formula is C11H17N3O3. The van der Waals surface area contributed by atoms with Gasteiger partial charge in [-0.05, 0) is 6.07 Å². The minimum Gasteiger partial charge on any atom is -0.481 e. The summed E-state index contributed by atoms with van der Waals surface area (Å²) in [5.41, 5.74) is 0.830. The van der Waals surface area contributed by atoms with Gasteiger partial charge < -0.3 is 20.1 Å². The van der Waals surface area contributed by atoms with Gasteiger partial charge in [0.1, 0.15) is 0 Å². The molecule has 0 aromatic carbocycles. The molecule has 94 valence electrons. The van der Waals surface area contributed by atoms with Gasteiger partial charge in [0.05, 0.1) is 13.7 Å². The molecule has 1 rings (SSSR count). The van der Waals surface area contributed by atoms with Gasteiger partial charge in [-0.3, -0.25) is 0 Å². The van der Waals surface area contributed by atoms with Gasteiger partial charge in [-0.15, -0.1) is 0 Å². The maximum absolute atomic E-state index is 11.4. The van der Waals surface area contributed by atoms with E-state index in [0.717, 1.165) is 5.56 Å². The zero-order valence-electron chi connectivity index (χ0n) is 10.0. The highest BCUT2D eigenvalue weighted by Crippen LogP contribution is 2.12. The molecule has 2 N–H and O–H groups in total. The van der Waals surface area contributed by atoms with Gasteiger partial charge in [-0.2, -0.15) is 0 Å². The van der Waals surface area contributed by atoms with Crippen molar-refractivity contribution in [3.05, 3.63) is 23.9 Å². The highest BCUT2D eigenvalue weighted by atomic mass is 16.5. The van der Waals surface area contributed by atoms with E-state index in [2.05, 4.69) is 15.6 Å². The normalized spacial score (nSPS) is 9.76. The second kappa shape index (κ2) is 7.45. The molecule has 0 saturated heterocycles. The molecule has 0 aliphatic heterocycles. The van der Waals surface area contributed by atoms with Crippen molar-refractivity contribution < 1.29 is 14.3 Å². The lowest BCUT2D eigenvalue weighted by Gasteiger charge is -2.09. The Kier molecular flexibility index (Phi) is 5.81. The third-order valence-electron chi connectivity index (χ3n) is 2.07. The molecule has 1 aromatic rings. The molecule has 1 heterocycles. The second-order valence-electron chi connectivity index (χ2n) is 3.27. The van der Waals surface area contributed by atoms with Crippen LogP contribution < -0.4 is 15.4 Å². The Labute approximate surface area is 100 Å². The van der Waals surface area contributed by atoms with E-state index in [1.54, 1.807) is 26.5 Å². The predicted molar refractivity (Wildman–Crippen MR) is 62.9 cm³/mol. The number of aromatic nitrogens is 1. The summed E-state index contributed by atoms with van der Waals surface area (Å²) in [6, 6.07) is 3.40. The van der Waals surface area contributed by atoms with E-state index in [1.165, 1.54) is 0 Å². The lowest BCUT2D eigenvalue weighted by atomic mass is 10.3. The molecule has 17 heavy (non-hydrogen) atoms. The average molecular weight is 239 g/mol. The van der Waals surface area contributed by atoms with E-state index in [9.17, 15) is 4.79 Å². The van der Waals surface area contributed by atoms with Crippen LogP contribution in [0.2, 0.25) is 0 Å². The minimum absolute atomic E-state index is 0.243. The molecule has 0 spiro atoms. The van der Waals surface area contributed by atoms with E-state index in [-0.39, 0.29) is 6.03 Å². The molecule has 6 nitrogen and oxygen atoms in total. The van der Waals surface area contributed by atoms with Crippen molar-refractivity contribution >= 4 is 6.03 Å². The van der Waals surface area contributed by atoms with Crippen LogP contribution >= 0.6 is 0 Å². The fourth-order valence-corrected chi connectivity index (χ4v) is 1.25. The molecule has 0 atom stereocenters. The van der Waals surface area contributed by atoms with Gasteiger partial charge in [0.25, 0.3) is 0 Å². The summed E-state index contributed by atoms with van der Waals surface area (Å²) in [6.07, 6.45) is 1.64. The topological polar surface area (TPSA) is 72.5 Å². The number of carbonyl (C=O) groups excluding carboxylic acids is 1. The predicted octanol–water partition coefficient (Wildman–Crippen LogP) is 0.536. The van der Waals surface area contributed by atoms with Gasteiger partial charge in [0.2, 0.25) is 5.88 Å². The highest BCUT2D eigenvalue weighted by Gasteiger charge is 2.04. The first-order chi connectivity index (χ1) is 8.27.